The summed E-state index contributed by atoms with van der Waals surface area (Å²) in [4.78, 5) is 2.16. The first kappa shape index (κ1) is 45.1. The van der Waals surface area contributed by atoms with E-state index in [0.29, 0.717) is 28.2 Å². The van der Waals surface area contributed by atoms with E-state index in [0.717, 1.165) is 78.1 Å². The number of allylic oxidation sites excluding steroid dienone is 14. The molecule has 5 heteroatoms. The number of rotatable bonds is 7. The second-order valence-corrected chi connectivity index (χ2v) is 21.7. The summed E-state index contributed by atoms with van der Waals surface area (Å²) in [6.07, 6.45) is 19.3. The highest BCUT2D eigenvalue weighted by Gasteiger charge is 2.35. The summed E-state index contributed by atoms with van der Waals surface area (Å²) in [5.74, 6) is 0.156. The quantitative estimate of drug-likeness (QED) is 0.149. The van der Waals surface area contributed by atoms with Gasteiger partial charge in [0.15, 0.2) is 0 Å². The Labute approximate surface area is 467 Å². The molecule has 0 fully saturated rings. The number of nitrogens with zero attached hydrogens (tertiary/aromatic N) is 5. The zero-order chi connectivity index (χ0) is 53.4. The predicted molar refractivity (Wildman–Crippen MR) is 334 cm³/mol. The SMILES string of the molecule is N#Cc1c(N(c2ccccc2)c2ccccc2)cc(-n2c3ccccc3c3ccccc32)c(C#N)c1-n1c2ccc(C3=C4C=CC5=C6C(=CC=C(C=C3)C46)CC=C5)cc2c2cc(-c3ccc4ccc5cccc6ccc3c4c56)ccc21. The van der Waals surface area contributed by atoms with Crippen LogP contribution in [-0.2, 0) is 0 Å². The van der Waals surface area contributed by atoms with E-state index in [2.05, 4.69) is 245 Å². The second kappa shape index (κ2) is 17.3. The Morgan fingerprint density at radius 2 is 1.07 bits per heavy atom. The molecule has 0 bridgehead atoms. The maximum Gasteiger partial charge on any atom is 0.104 e. The maximum absolute atomic E-state index is 12.1. The van der Waals surface area contributed by atoms with Crippen LogP contribution in [-0.4, -0.2) is 9.13 Å². The molecule has 13 aromatic rings. The van der Waals surface area contributed by atoms with E-state index < -0.39 is 0 Å². The van der Waals surface area contributed by atoms with Crippen molar-refractivity contribution in [2.75, 3.05) is 4.90 Å². The average Bonchev–Trinajstić information content (AvgIpc) is 3.75. The maximum atomic E-state index is 12.1. The van der Waals surface area contributed by atoms with Crippen molar-refractivity contribution < 1.29 is 0 Å². The van der Waals surface area contributed by atoms with Gasteiger partial charge >= 0.3 is 0 Å². The van der Waals surface area contributed by atoms with Gasteiger partial charge in [-0.1, -0.05) is 188 Å². The van der Waals surface area contributed by atoms with Crippen LogP contribution in [0.15, 0.2) is 283 Å². The topological polar surface area (TPSA) is 60.7 Å². The lowest BCUT2D eigenvalue weighted by Crippen LogP contribution is -2.21. The molecule has 0 saturated carbocycles. The Hall–Kier alpha value is -11.0. The third-order valence-electron chi connectivity index (χ3n) is 17.6. The fourth-order valence-corrected chi connectivity index (χ4v) is 14.1. The van der Waals surface area contributed by atoms with Crippen LogP contribution >= 0.6 is 0 Å². The average molecular weight is 1030 g/mol. The van der Waals surface area contributed by atoms with Crippen LogP contribution in [0.4, 0.5) is 17.1 Å². The molecule has 81 heavy (non-hydrogen) atoms. The summed E-state index contributed by atoms with van der Waals surface area (Å²) in [5, 5.41) is 35.8. The molecule has 1 atom stereocenters. The zero-order valence-electron chi connectivity index (χ0n) is 43.8. The highest BCUT2D eigenvalue weighted by Crippen LogP contribution is 2.52. The number of hydrogen-bond acceptors (Lipinski definition) is 3. The summed E-state index contributed by atoms with van der Waals surface area (Å²) >= 11 is 0. The van der Waals surface area contributed by atoms with Crippen LogP contribution in [0.3, 0.4) is 0 Å². The van der Waals surface area contributed by atoms with E-state index >= 15 is 0 Å². The van der Waals surface area contributed by atoms with Gasteiger partial charge in [0.05, 0.1) is 39.1 Å². The van der Waals surface area contributed by atoms with Gasteiger partial charge in [0, 0.05) is 38.8 Å². The molecule has 0 amide bonds. The van der Waals surface area contributed by atoms with E-state index in [-0.39, 0.29) is 5.92 Å². The molecule has 0 saturated heterocycles. The van der Waals surface area contributed by atoms with E-state index in [4.69, 9.17) is 0 Å². The first-order chi connectivity index (χ1) is 40.1. The Kier molecular flexibility index (Phi) is 9.61. The number of benzene rings is 11. The Balaban J connectivity index is 0.991. The summed E-state index contributed by atoms with van der Waals surface area (Å²) in [6, 6.07) is 78.6. The van der Waals surface area contributed by atoms with Crippen molar-refractivity contribution in [1.82, 2.24) is 9.13 Å². The first-order valence-corrected chi connectivity index (χ1v) is 27.7. The van der Waals surface area contributed by atoms with Crippen molar-refractivity contribution in [3.05, 3.63) is 299 Å². The largest absolute Gasteiger partial charge is 0.309 e. The summed E-state index contributed by atoms with van der Waals surface area (Å²) in [6.45, 7) is 0. The molecule has 5 nitrogen and oxygen atoms in total. The number of nitriles is 2. The molecule has 1 unspecified atom stereocenters. The fraction of sp³-hybridized carbons (Fsp3) is 0.0263. The lowest BCUT2D eigenvalue weighted by molar-refractivity contribution is 0.835. The van der Waals surface area contributed by atoms with Crippen LogP contribution in [0.25, 0.3) is 104 Å². The summed E-state index contributed by atoms with van der Waals surface area (Å²) < 4.78 is 4.44. The van der Waals surface area contributed by atoms with Crippen LogP contribution in [0, 0.1) is 28.6 Å². The van der Waals surface area contributed by atoms with Crippen LogP contribution in [0.5, 0.6) is 0 Å². The molecule has 2 aromatic heterocycles. The molecule has 0 aliphatic heterocycles. The lowest BCUT2D eigenvalue weighted by Gasteiger charge is -2.36. The van der Waals surface area contributed by atoms with Gasteiger partial charge in [-0.05, 0) is 156 Å². The molecule has 11 aromatic carbocycles. The first-order valence-electron chi connectivity index (χ1n) is 27.7. The molecule has 0 radical (unpaired) electrons. The minimum absolute atomic E-state index is 0.156. The summed E-state index contributed by atoms with van der Waals surface area (Å²) in [7, 11) is 0. The van der Waals surface area contributed by atoms with Gasteiger partial charge in [0.1, 0.15) is 23.3 Å². The van der Waals surface area contributed by atoms with Crippen molar-refractivity contribution in [2.24, 2.45) is 5.92 Å². The lowest BCUT2D eigenvalue weighted by atomic mass is 9.67. The van der Waals surface area contributed by atoms with Crippen LogP contribution in [0.1, 0.15) is 23.1 Å². The molecular weight excluding hydrogens is 983 g/mol. The van der Waals surface area contributed by atoms with Gasteiger partial charge in [0.25, 0.3) is 0 Å². The van der Waals surface area contributed by atoms with Crippen LogP contribution < -0.4 is 4.90 Å². The third-order valence-corrected chi connectivity index (χ3v) is 17.6. The highest BCUT2D eigenvalue weighted by atomic mass is 15.2. The van der Waals surface area contributed by atoms with Gasteiger partial charge in [-0.25, -0.2) is 0 Å². The molecule has 374 valence electrons. The van der Waals surface area contributed by atoms with E-state index in [9.17, 15) is 10.5 Å². The minimum Gasteiger partial charge on any atom is -0.309 e. The normalized spacial score (nSPS) is 15.4. The number of hydrogen-bond donors (Lipinski definition) is 0. The molecular formula is C76H45N5. The van der Waals surface area contributed by atoms with Crippen molar-refractivity contribution in [3.8, 4) is 34.6 Å². The molecule has 0 spiro atoms. The fourth-order valence-electron chi connectivity index (χ4n) is 14.1. The standard InChI is InChI=1S/C76H45N5/c77-44-64-70(79(54-17-3-1-4-18-54)55-19-5-2-6-20-55)43-71(80-66-23-9-7-21-58(66)59-22-8-10-24-67(59)80)65(45-78)76(64)81-68-39-33-52(56-35-29-50-27-25-46-13-11-15-48-31-37-60(56)74(50)72(46)48)41-62(68)63-42-53(34-40-69(63)81)57-36-30-51-28-26-47-14-12-16-49-32-38-61(57)75(51)73(47)49/h1-13,15-43,75H,14H2. The van der Waals surface area contributed by atoms with Crippen LogP contribution in [0.2, 0.25) is 0 Å². The Bertz CT molecular complexity index is 5160. The van der Waals surface area contributed by atoms with E-state index in [1.165, 1.54) is 65.8 Å². The zero-order valence-corrected chi connectivity index (χ0v) is 43.8. The van der Waals surface area contributed by atoms with Crippen molar-refractivity contribution in [3.63, 3.8) is 0 Å². The number of aromatic nitrogens is 2. The minimum atomic E-state index is 0.156. The van der Waals surface area contributed by atoms with E-state index in [1.807, 2.05) is 36.4 Å². The van der Waals surface area contributed by atoms with Gasteiger partial charge in [-0.15, -0.1) is 0 Å². The predicted octanol–water partition coefficient (Wildman–Crippen LogP) is 19.3. The van der Waals surface area contributed by atoms with Crippen molar-refractivity contribution in [2.45, 2.75) is 6.42 Å². The van der Waals surface area contributed by atoms with Gasteiger partial charge in [-0.2, -0.15) is 10.5 Å². The highest BCUT2D eigenvalue weighted by molar-refractivity contribution is 6.26. The van der Waals surface area contributed by atoms with Crippen molar-refractivity contribution >= 4 is 98.6 Å². The molecule has 4 aliphatic rings. The number of fused-ring (bicyclic) bond motifs is 6. The molecule has 0 N–H and O–H groups in total. The number of para-hydroxylation sites is 4. The van der Waals surface area contributed by atoms with Gasteiger partial charge in [0.2, 0.25) is 0 Å². The molecule has 4 aliphatic carbocycles. The monoisotopic (exact) mass is 1030 g/mol. The number of anilines is 3. The van der Waals surface area contributed by atoms with E-state index in [1.54, 1.807) is 0 Å². The van der Waals surface area contributed by atoms with Crippen molar-refractivity contribution in [1.29, 1.82) is 10.5 Å². The molecule has 17 rings (SSSR count). The Morgan fingerprint density at radius 3 is 1.78 bits per heavy atom. The molecule has 2 heterocycles. The third kappa shape index (κ3) is 6.46. The van der Waals surface area contributed by atoms with Gasteiger partial charge < -0.3 is 14.0 Å². The Morgan fingerprint density at radius 1 is 0.457 bits per heavy atom. The summed E-state index contributed by atoms with van der Waals surface area (Å²) in [5.41, 5.74) is 19.3. The smallest absolute Gasteiger partial charge is 0.104 e. The second-order valence-electron chi connectivity index (χ2n) is 21.7. The van der Waals surface area contributed by atoms with Gasteiger partial charge in [-0.3, -0.25) is 0 Å².